The van der Waals surface area contributed by atoms with Gasteiger partial charge in [-0.05, 0) is 37.7 Å². The molecule has 1 spiro atoms. The molecule has 3 rings (SSSR count). The summed E-state index contributed by atoms with van der Waals surface area (Å²) in [5, 5.41) is 2.76. The number of rotatable bonds is 4. The Kier molecular flexibility index (Phi) is 5.17. The van der Waals surface area contributed by atoms with Gasteiger partial charge in [-0.15, -0.1) is 0 Å². The lowest BCUT2D eigenvalue weighted by atomic mass is 9.77. The molecule has 6 nitrogen and oxygen atoms in total. The van der Waals surface area contributed by atoms with Crippen molar-refractivity contribution in [3.05, 3.63) is 35.4 Å². The molecule has 1 aromatic rings. The van der Waals surface area contributed by atoms with Gasteiger partial charge >= 0.3 is 6.03 Å². The van der Waals surface area contributed by atoms with Gasteiger partial charge in [0.2, 0.25) is 5.91 Å². The first-order chi connectivity index (χ1) is 12.7. The molecule has 2 aliphatic rings. The average molecular weight is 379 g/mol. The van der Waals surface area contributed by atoms with Crippen LogP contribution >= 0.6 is 0 Å². The molecule has 1 saturated carbocycles. The third-order valence-electron chi connectivity index (χ3n) is 5.52. The largest absolute Gasteiger partial charge is 0.340 e. The molecule has 0 atom stereocenters. The molecule has 8 heteroatoms. The quantitative estimate of drug-likeness (QED) is 0.817. The van der Waals surface area contributed by atoms with Crippen LogP contribution in [-0.2, 0) is 16.1 Å². The monoisotopic (exact) mass is 379 g/mol. The summed E-state index contributed by atoms with van der Waals surface area (Å²) < 4.78 is 26.8. The summed E-state index contributed by atoms with van der Waals surface area (Å²) in [7, 11) is 1.45. The van der Waals surface area contributed by atoms with Crippen molar-refractivity contribution in [3.8, 4) is 0 Å². The van der Waals surface area contributed by atoms with E-state index in [9.17, 15) is 23.2 Å². The fourth-order valence-electron chi connectivity index (χ4n) is 3.66. The van der Waals surface area contributed by atoms with Crippen molar-refractivity contribution in [2.75, 3.05) is 13.6 Å². The summed E-state index contributed by atoms with van der Waals surface area (Å²) in [6.45, 7) is 1.62. The van der Waals surface area contributed by atoms with E-state index in [4.69, 9.17) is 0 Å². The number of hydrogen-bond acceptors (Lipinski definition) is 3. The number of nitrogens with zero attached hydrogens (tertiary/aromatic N) is 2. The molecule has 1 aliphatic carbocycles. The van der Waals surface area contributed by atoms with E-state index < -0.39 is 35.7 Å². The van der Waals surface area contributed by atoms with Gasteiger partial charge in [-0.2, -0.15) is 0 Å². The molecule has 1 saturated heterocycles. The molecule has 1 heterocycles. The van der Waals surface area contributed by atoms with E-state index in [1.54, 1.807) is 0 Å². The fraction of sp³-hybridized carbons (Fsp3) is 0.526. The van der Waals surface area contributed by atoms with Gasteiger partial charge in [-0.3, -0.25) is 14.5 Å². The average Bonchev–Trinajstić information content (AvgIpc) is 2.84. The summed E-state index contributed by atoms with van der Waals surface area (Å²) in [5.41, 5.74) is -0.743. The summed E-state index contributed by atoms with van der Waals surface area (Å²) in [5.74, 6) is -1.80. The minimum Gasteiger partial charge on any atom is -0.340 e. The van der Waals surface area contributed by atoms with Crippen molar-refractivity contribution in [2.24, 2.45) is 5.92 Å². The standard InChI is InChI=1S/C19H23F2N3O3/c1-12-5-7-19(8-6-12)17(26)24(18(27)22-19)11-16(25)23(2)10-13-3-4-14(20)9-15(13)21/h3-4,9,12H,5-8,10-11H2,1-2H3,(H,22,27). The molecular formula is C19H23F2N3O3. The number of halogens is 2. The lowest BCUT2D eigenvalue weighted by Gasteiger charge is -2.33. The van der Waals surface area contributed by atoms with Crippen molar-refractivity contribution in [3.63, 3.8) is 0 Å². The first-order valence-electron chi connectivity index (χ1n) is 9.04. The van der Waals surface area contributed by atoms with E-state index in [1.165, 1.54) is 18.0 Å². The molecule has 0 unspecified atom stereocenters. The van der Waals surface area contributed by atoms with Gasteiger partial charge < -0.3 is 10.2 Å². The highest BCUT2D eigenvalue weighted by Crippen LogP contribution is 2.36. The van der Waals surface area contributed by atoms with Gasteiger partial charge in [0, 0.05) is 25.2 Å². The normalized spacial score (nSPS) is 25.0. The number of urea groups is 1. The van der Waals surface area contributed by atoms with E-state index in [1.807, 2.05) is 0 Å². The highest BCUT2D eigenvalue weighted by Gasteiger charge is 2.52. The fourth-order valence-corrected chi connectivity index (χ4v) is 3.66. The third-order valence-corrected chi connectivity index (χ3v) is 5.52. The van der Waals surface area contributed by atoms with Crippen LogP contribution in [0.25, 0.3) is 0 Å². The lowest BCUT2D eigenvalue weighted by molar-refractivity contribution is -0.139. The topological polar surface area (TPSA) is 69.7 Å². The number of carbonyl (C=O) groups excluding carboxylic acids is 3. The maximum Gasteiger partial charge on any atom is 0.325 e. The zero-order chi connectivity index (χ0) is 19.8. The highest BCUT2D eigenvalue weighted by atomic mass is 19.1. The predicted octanol–water partition coefficient (Wildman–Crippen LogP) is 2.42. The van der Waals surface area contributed by atoms with E-state index in [0.29, 0.717) is 18.8 Å². The number of amides is 4. The molecule has 1 aromatic carbocycles. The molecule has 2 fully saturated rings. The first-order valence-corrected chi connectivity index (χ1v) is 9.04. The maximum atomic E-state index is 13.8. The summed E-state index contributed by atoms with van der Waals surface area (Å²) >= 11 is 0. The van der Waals surface area contributed by atoms with E-state index in [2.05, 4.69) is 12.2 Å². The molecule has 146 valence electrons. The van der Waals surface area contributed by atoms with E-state index in [-0.39, 0.29) is 18.0 Å². The molecular weight excluding hydrogens is 356 g/mol. The Hall–Kier alpha value is -2.51. The molecule has 0 radical (unpaired) electrons. The number of benzene rings is 1. The molecule has 1 N–H and O–H groups in total. The van der Waals surface area contributed by atoms with Crippen LogP contribution < -0.4 is 5.32 Å². The number of nitrogens with one attached hydrogen (secondary N) is 1. The van der Waals surface area contributed by atoms with Crippen LogP contribution in [0.1, 0.15) is 38.2 Å². The SMILES string of the molecule is CC1CCC2(CC1)NC(=O)N(CC(=O)N(C)Cc1ccc(F)cc1F)C2=O. The van der Waals surface area contributed by atoms with Gasteiger partial charge in [-0.25, -0.2) is 13.6 Å². The van der Waals surface area contributed by atoms with Crippen LogP contribution in [0, 0.1) is 17.6 Å². The zero-order valence-corrected chi connectivity index (χ0v) is 15.4. The molecule has 4 amide bonds. The van der Waals surface area contributed by atoms with Crippen molar-refractivity contribution >= 4 is 17.8 Å². The van der Waals surface area contributed by atoms with Gasteiger partial charge in [0.25, 0.3) is 5.91 Å². The minimum absolute atomic E-state index is 0.0861. The Labute approximate surface area is 156 Å². The number of likely N-dealkylation sites (N-methyl/N-ethyl adjacent to an activating group) is 1. The molecule has 1 aliphatic heterocycles. The Morgan fingerprint density at radius 1 is 1.30 bits per heavy atom. The number of imide groups is 1. The van der Waals surface area contributed by atoms with Crippen molar-refractivity contribution in [1.29, 1.82) is 0 Å². The van der Waals surface area contributed by atoms with Gasteiger partial charge in [-0.1, -0.05) is 13.0 Å². The third kappa shape index (κ3) is 3.79. The first kappa shape index (κ1) is 19.3. The second-order valence-corrected chi connectivity index (χ2v) is 7.57. The second kappa shape index (κ2) is 7.25. The van der Waals surface area contributed by atoms with Crippen LogP contribution in [0.3, 0.4) is 0 Å². The molecule has 0 aromatic heterocycles. The highest BCUT2D eigenvalue weighted by molar-refractivity contribution is 6.09. The van der Waals surface area contributed by atoms with Crippen LogP contribution in [0.15, 0.2) is 18.2 Å². The zero-order valence-electron chi connectivity index (χ0n) is 15.4. The minimum atomic E-state index is -0.897. The Morgan fingerprint density at radius 2 is 1.96 bits per heavy atom. The number of carbonyl (C=O) groups is 3. The molecule has 27 heavy (non-hydrogen) atoms. The van der Waals surface area contributed by atoms with Gasteiger partial charge in [0.1, 0.15) is 23.7 Å². The smallest absolute Gasteiger partial charge is 0.325 e. The second-order valence-electron chi connectivity index (χ2n) is 7.57. The maximum absolute atomic E-state index is 13.8. The van der Waals surface area contributed by atoms with Crippen LogP contribution in [0.2, 0.25) is 0 Å². The predicted molar refractivity (Wildman–Crippen MR) is 93.4 cm³/mol. The van der Waals surface area contributed by atoms with Crippen molar-refractivity contribution in [1.82, 2.24) is 15.1 Å². The van der Waals surface area contributed by atoms with Crippen LogP contribution in [0.4, 0.5) is 13.6 Å². The Balaban J connectivity index is 1.64. The van der Waals surface area contributed by atoms with Crippen molar-refractivity contribution in [2.45, 2.75) is 44.7 Å². The van der Waals surface area contributed by atoms with E-state index >= 15 is 0 Å². The summed E-state index contributed by atoms with van der Waals surface area (Å²) in [6.07, 6.45) is 2.83. The van der Waals surface area contributed by atoms with Crippen LogP contribution in [-0.4, -0.2) is 46.8 Å². The van der Waals surface area contributed by atoms with Gasteiger partial charge in [0.05, 0.1) is 0 Å². The van der Waals surface area contributed by atoms with Gasteiger partial charge in [0.15, 0.2) is 0 Å². The molecule has 0 bridgehead atoms. The summed E-state index contributed by atoms with van der Waals surface area (Å²) in [6, 6.07) is 2.56. The van der Waals surface area contributed by atoms with Crippen LogP contribution in [0.5, 0.6) is 0 Å². The number of hydrogen-bond donors (Lipinski definition) is 1. The Bertz CT molecular complexity index is 775. The summed E-state index contributed by atoms with van der Waals surface area (Å²) in [4.78, 5) is 39.7. The lowest BCUT2D eigenvalue weighted by Crippen LogP contribution is -2.50. The van der Waals surface area contributed by atoms with Crippen molar-refractivity contribution < 1.29 is 23.2 Å². The van der Waals surface area contributed by atoms with E-state index in [0.717, 1.165) is 29.9 Å². The Morgan fingerprint density at radius 3 is 2.59 bits per heavy atom.